The van der Waals surface area contributed by atoms with Crippen molar-refractivity contribution >= 4 is 5.91 Å². The van der Waals surface area contributed by atoms with Crippen molar-refractivity contribution in [3.8, 4) is 6.07 Å². The second-order valence-corrected chi connectivity index (χ2v) is 5.51. The van der Waals surface area contributed by atoms with E-state index >= 15 is 0 Å². The molecule has 0 saturated carbocycles. The normalized spacial score (nSPS) is 11.5. The van der Waals surface area contributed by atoms with Crippen LogP contribution in [-0.4, -0.2) is 5.91 Å². The first-order valence-electron chi connectivity index (χ1n) is 7.43. The van der Waals surface area contributed by atoms with Crippen LogP contribution in [0.25, 0.3) is 0 Å². The van der Waals surface area contributed by atoms with Crippen LogP contribution in [0.4, 0.5) is 0 Å². The van der Waals surface area contributed by atoms with E-state index in [1.54, 1.807) is 12.1 Å². The molecular formula is C19H20N2O. The maximum atomic E-state index is 12.0. The minimum absolute atomic E-state index is 0.00839. The molecule has 112 valence electrons. The molecule has 1 unspecified atom stereocenters. The summed E-state index contributed by atoms with van der Waals surface area (Å²) in [6, 6.07) is 17.6. The molecule has 0 aromatic heterocycles. The highest BCUT2D eigenvalue weighted by Gasteiger charge is 2.09. The summed E-state index contributed by atoms with van der Waals surface area (Å²) >= 11 is 0. The molecule has 0 spiro atoms. The molecule has 0 fully saturated rings. The van der Waals surface area contributed by atoms with Crippen molar-refractivity contribution < 1.29 is 4.79 Å². The van der Waals surface area contributed by atoms with Crippen LogP contribution in [0.1, 0.15) is 41.6 Å². The summed E-state index contributed by atoms with van der Waals surface area (Å²) < 4.78 is 0. The van der Waals surface area contributed by atoms with E-state index in [2.05, 4.69) is 23.5 Å². The predicted molar refractivity (Wildman–Crippen MR) is 87.2 cm³/mol. The molecule has 22 heavy (non-hydrogen) atoms. The monoisotopic (exact) mass is 292 g/mol. The Hall–Kier alpha value is -2.60. The number of hydrogen-bond donors (Lipinski definition) is 1. The second-order valence-electron chi connectivity index (χ2n) is 5.51. The zero-order valence-corrected chi connectivity index (χ0v) is 13.0. The van der Waals surface area contributed by atoms with Crippen molar-refractivity contribution in [2.24, 2.45) is 0 Å². The van der Waals surface area contributed by atoms with Gasteiger partial charge in [0.1, 0.15) is 0 Å². The van der Waals surface area contributed by atoms with Crippen LogP contribution >= 0.6 is 0 Å². The molecule has 1 N–H and O–H groups in total. The third-order valence-corrected chi connectivity index (χ3v) is 3.68. The molecule has 0 aliphatic carbocycles. The molecule has 0 aliphatic rings. The Morgan fingerprint density at radius 2 is 1.77 bits per heavy atom. The molecular weight excluding hydrogens is 272 g/mol. The van der Waals surface area contributed by atoms with Gasteiger partial charge in [-0.05, 0) is 43.5 Å². The average Bonchev–Trinajstić information content (AvgIpc) is 2.54. The Labute approximate surface area is 131 Å². The second kappa shape index (κ2) is 7.42. The van der Waals surface area contributed by atoms with Gasteiger partial charge < -0.3 is 5.32 Å². The van der Waals surface area contributed by atoms with E-state index < -0.39 is 0 Å². The van der Waals surface area contributed by atoms with Gasteiger partial charge in [-0.3, -0.25) is 4.79 Å². The number of aryl methyl sites for hydroxylation is 2. The van der Waals surface area contributed by atoms with E-state index in [-0.39, 0.29) is 11.9 Å². The molecule has 1 amide bonds. The SMILES string of the molecule is Cc1ccc(C(C)NC(=O)CCc2ccc(C#N)cc2)cc1. The maximum absolute atomic E-state index is 12.0. The van der Waals surface area contributed by atoms with Gasteiger partial charge >= 0.3 is 0 Å². The minimum Gasteiger partial charge on any atom is -0.350 e. The average molecular weight is 292 g/mol. The molecule has 0 heterocycles. The summed E-state index contributed by atoms with van der Waals surface area (Å²) in [4.78, 5) is 12.0. The molecule has 2 aromatic carbocycles. The van der Waals surface area contributed by atoms with Crippen molar-refractivity contribution in [1.82, 2.24) is 5.32 Å². The number of carbonyl (C=O) groups excluding carboxylic acids is 1. The van der Waals surface area contributed by atoms with Gasteiger partial charge in [0.2, 0.25) is 5.91 Å². The standard InChI is InChI=1S/C19H20N2O/c1-14-3-10-18(11-4-14)15(2)21-19(22)12-9-16-5-7-17(13-20)8-6-16/h3-8,10-11,15H,9,12H2,1-2H3,(H,21,22). The van der Waals surface area contributed by atoms with E-state index in [1.165, 1.54) is 5.56 Å². The number of amides is 1. The largest absolute Gasteiger partial charge is 0.350 e. The number of nitriles is 1. The van der Waals surface area contributed by atoms with Crippen molar-refractivity contribution in [2.75, 3.05) is 0 Å². The molecule has 0 radical (unpaired) electrons. The molecule has 2 rings (SSSR count). The number of benzene rings is 2. The molecule has 0 bridgehead atoms. The van der Waals surface area contributed by atoms with Gasteiger partial charge in [-0.2, -0.15) is 5.26 Å². The quantitative estimate of drug-likeness (QED) is 0.914. The lowest BCUT2D eigenvalue weighted by molar-refractivity contribution is -0.121. The summed E-state index contributed by atoms with van der Waals surface area (Å²) in [7, 11) is 0. The highest BCUT2D eigenvalue weighted by molar-refractivity contribution is 5.76. The molecule has 3 heteroatoms. The van der Waals surface area contributed by atoms with E-state index in [1.807, 2.05) is 38.1 Å². The van der Waals surface area contributed by atoms with Crippen LogP contribution in [0.3, 0.4) is 0 Å². The summed E-state index contributed by atoms with van der Waals surface area (Å²) in [6.45, 7) is 4.04. The number of nitrogens with one attached hydrogen (secondary N) is 1. The third kappa shape index (κ3) is 4.46. The van der Waals surface area contributed by atoms with Crippen LogP contribution in [0, 0.1) is 18.3 Å². The van der Waals surface area contributed by atoms with E-state index in [0.29, 0.717) is 18.4 Å². The Morgan fingerprint density at radius 3 is 2.36 bits per heavy atom. The minimum atomic E-state index is 0.00839. The van der Waals surface area contributed by atoms with Crippen molar-refractivity contribution in [2.45, 2.75) is 32.7 Å². The first-order chi connectivity index (χ1) is 10.6. The summed E-state index contributed by atoms with van der Waals surface area (Å²) in [5.74, 6) is 0.0393. The van der Waals surface area contributed by atoms with Gasteiger partial charge in [-0.25, -0.2) is 0 Å². The van der Waals surface area contributed by atoms with Crippen molar-refractivity contribution in [1.29, 1.82) is 5.26 Å². The van der Waals surface area contributed by atoms with Crippen LogP contribution in [0.5, 0.6) is 0 Å². The first kappa shape index (κ1) is 15.8. The molecule has 0 saturated heterocycles. The lowest BCUT2D eigenvalue weighted by Gasteiger charge is -2.14. The first-order valence-corrected chi connectivity index (χ1v) is 7.43. The van der Waals surface area contributed by atoms with Gasteiger partial charge in [0.15, 0.2) is 0 Å². The van der Waals surface area contributed by atoms with Crippen LogP contribution < -0.4 is 5.32 Å². The van der Waals surface area contributed by atoms with Crippen LogP contribution in [0.2, 0.25) is 0 Å². The number of nitrogens with zero attached hydrogens (tertiary/aromatic N) is 1. The number of rotatable bonds is 5. The lowest BCUT2D eigenvalue weighted by Crippen LogP contribution is -2.26. The fourth-order valence-electron chi connectivity index (χ4n) is 2.26. The van der Waals surface area contributed by atoms with E-state index in [0.717, 1.165) is 11.1 Å². The van der Waals surface area contributed by atoms with Gasteiger partial charge in [0, 0.05) is 6.42 Å². The highest BCUT2D eigenvalue weighted by Crippen LogP contribution is 2.13. The number of hydrogen-bond acceptors (Lipinski definition) is 2. The number of carbonyl (C=O) groups is 1. The predicted octanol–water partition coefficient (Wildman–Crippen LogP) is 3.68. The van der Waals surface area contributed by atoms with Crippen LogP contribution in [0.15, 0.2) is 48.5 Å². The Bertz CT molecular complexity index is 666. The fourth-order valence-corrected chi connectivity index (χ4v) is 2.26. The van der Waals surface area contributed by atoms with E-state index in [9.17, 15) is 4.79 Å². The zero-order valence-electron chi connectivity index (χ0n) is 13.0. The van der Waals surface area contributed by atoms with Crippen molar-refractivity contribution in [3.05, 3.63) is 70.8 Å². The topological polar surface area (TPSA) is 52.9 Å². The summed E-state index contributed by atoms with van der Waals surface area (Å²) in [6.07, 6.45) is 1.13. The van der Waals surface area contributed by atoms with Gasteiger partial charge in [0.05, 0.1) is 17.7 Å². The summed E-state index contributed by atoms with van der Waals surface area (Å²) in [5.41, 5.74) is 4.03. The van der Waals surface area contributed by atoms with Gasteiger partial charge in [-0.1, -0.05) is 42.0 Å². The Morgan fingerprint density at radius 1 is 1.14 bits per heavy atom. The van der Waals surface area contributed by atoms with Crippen molar-refractivity contribution in [3.63, 3.8) is 0 Å². The Kier molecular flexibility index (Phi) is 5.32. The van der Waals surface area contributed by atoms with E-state index in [4.69, 9.17) is 5.26 Å². The highest BCUT2D eigenvalue weighted by atomic mass is 16.1. The third-order valence-electron chi connectivity index (χ3n) is 3.68. The van der Waals surface area contributed by atoms with Gasteiger partial charge in [-0.15, -0.1) is 0 Å². The smallest absolute Gasteiger partial charge is 0.220 e. The molecule has 3 nitrogen and oxygen atoms in total. The summed E-state index contributed by atoms with van der Waals surface area (Å²) in [5, 5.41) is 11.8. The lowest BCUT2D eigenvalue weighted by atomic mass is 10.1. The van der Waals surface area contributed by atoms with Gasteiger partial charge in [0.25, 0.3) is 0 Å². The molecule has 2 aromatic rings. The molecule has 1 atom stereocenters. The van der Waals surface area contributed by atoms with Crippen LogP contribution in [-0.2, 0) is 11.2 Å². The zero-order chi connectivity index (χ0) is 15.9. The Balaban J connectivity index is 1.84. The molecule has 0 aliphatic heterocycles. The maximum Gasteiger partial charge on any atom is 0.220 e. The fraction of sp³-hybridized carbons (Fsp3) is 0.263.